The van der Waals surface area contributed by atoms with Gasteiger partial charge in [-0.15, -0.1) is 0 Å². The summed E-state index contributed by atoms with van der Waals surface area (Å²) < 4.78 is 13.0. The van der Waals surface area contributed by atoms with Crippen LogP contribution in [0.2, 0.25) is 0 Å². The summed E-state index contributed by atoms with van der Waals surface area (Å²) in [7, 11) is 1.68. The van der Waals surface area contributed by atoms with E-state index in [1.54, 1.807) is 54.4 Å². The second kappa shape index (κ2) is 11.0. The summed E-state index contributed by atoms with van der Waals surface area (Å²) in [5.41, 5.74) is 2.67. The summed E-state index contributed by atoms with van der Waals surface area (Å²) in [6.45, 7) is 0.396. The summed E-state index contributed by atoms with van der Waals surface area (Å²) in [4.78, 5) is 26.6. The molecule has 0 saturated heterocycles. The molecule has 0 radical (unpaired) electrons. The van der Waals surface area contributed by atoms with Gasteiger partial charge in [-0.05, 0) is 53.7 Å². The van der Waals surface area contributed by atoms with Crippen LogP contribution in [-0.2, 0) is 11.3 Å². The molecule has 0 aliphatic carbocycles. The van der Waals surface area contributed by atoms with Crippen LogP contribution in [-0.4, -0.2) is 24.0 Å². The van der Waals surface area contributed by atoms with Crippen LogP contribution >= 0.6 is 12.2 Å². The number of halogens is 1. The topological polar surface area (TPSA) is 61.4 Å². The minimum atomic E-state index is -0.433. The van der Waals surface area contributed by atoms with Crippen LogP contribution in [0.3, 0.4) is 0 Å². The maximum atomic E-state index is 13.0. The van der Waals surface area contributed by atoms with E-state index in [0.717, 1.165) is 5.56 Å². The van der Waals surface area contributed by atoms with Gasteiger partial charge in [-0.2, -0.15) is 0 Å². The molecular weight excluding hydrogens is 425 g/mol. The highest BCUT2D eigenvalue weighted by Crippen LogP contribution is 2.19. The van der Waals surface area contributed by atoms with Gasteiger partial charge in [0, 0.05) is 19.7 Å². The van der Waals surface area contributed by atoms with Crippen LogP contribution in [0.15, 0.2) is 84.9 Å². The lowest BCUT2D eigenvalue weighted by molar-refractivity contribution is -0.115. The highest BCUT2D eigenvalue weighted by molar-refractivity contribution is 7.80. The number of hydrogen-bond acceptors (Lipinski definition) is 3. The number of thiocarbonyl (C=S) groups is 1. The van der Waals surface area contributed by atoms with Crippen LogP contribution in [0.4, 0.5) is 10.1 Å². The molecule has 0 heterocycles. The number of anilines is 1. The largest absolute Gasteiger partial charge is 0.348 e. The predicted octanol–water partition coefficient (Wildman–Crippen LogP) is 4.31. The van der Waals surface area contributed by atoms with Crippen molar-refractivity contribution in [1.82, 2.24) is 10.6 Å². The predicted molar refractivity (Wildman–Crippen MR) is 129 cm³/mol. The minimum absolute atomic E-state index is 0.141. The van der Waals surface area contributed by atoms with E-state index in [2.05, 4.69) is 10.6 Å². The van der Waals surface area contributed by atoms with Gasteiger partial charge >= 0.3 is 0 Å². The Morgan fingerprint density at radius 2 is 1.62 bits per heavy atom. The Balaban J connectivity index is 1.64. The standard InChI is InChI=1S/C25H22FN3O2S/c1-29(25(32)28-23(30)16-13-18-11-14-20(26)15-12-18)22-10-6-5-9-21(22)24(31)27-17-19-7-3-2-4-8-19/h2-16H,17H2,1H3,(H,27,31)(H,28,30,32)/b16-13+. The molecule has 32 heavy (non-hydrogen) atoms. The molecule has 0 saturated carbocycles. The van der Waals surface area contributed by atoms with E-state index in [9.17, 15) is 14.0 Å². The minimum Gasteiger partial charge on any atom is -0.348 e. The van der Waals surface area contributed by atoms with Gasteiger partial charge in [-0.25, -0.2) is 4.39 Å². The van der Waals surface area contributed by atoms with E-state index in [1.807, 2.05) is 30.3 Å². The molecule has 2 amide bonds. The van der Waals surface area contributed by atoms with Crippen molar-refractivity contribution in [3.8, 4) is 0 Å². The lowest BCUT2D eigenvalue weighted by Crippen LogP contribution is -2.40. The molecular formula is C25H22FN3O2S. The van der Waals surface area contributed by atoms with Crippen LogP contribution in [0.1, 0.15) is 21.5 Å². The maximum Gasteiger partial charge on any atom is 0.253 e. The molecule has 0 aromatic heterocycles. The van der Waals surface area contributed by atoms with Gasteiger partial charge in [0.2, 0.25) is 5.91 Å². The number of amides is 2. The first-order valence-electron chi connectivity index (χ1n) is 9.87. The smallest absolute Gasteiger partial charge is 0.253 e. The fourth-order valence-electron chi connectivity index (χ4n) is 2.92. The van der Waals surface area contributed by atoms with Gasteiger partial charge in [0.1, 0.15) is 5.82 Å². The van der Waals surface area contributed by atoms with Crippen molar-refractivity contribution in [3.63, 3.8) is 0 Å². The summed E-state index contributed by atoms with van der Waals surface area (Å²) in [6.07, 6.45) is 2.87. The lowest BCUT2D eigenvalue weighted by Gasteiger charge is -2.22. The quantitative estimate of drug-likeness (QED) is 0.437. The molecule has 0 atom stereocenters. The highest BCUT2D eigenvalue weighted by Gasteiger charge is 2.17. The third-order valence-corrected chi connectivity index (χ3v) is 5.01. The first-order chi connectivity index (χ1) is 15.4. The summed E-state index contributed by atoms with van der Waals surface area (Å²) in [5.74, 6) is -1.03. The van der Waals surface area contributed by atoms with Crippen molar-refractivity contribution in [2.24, 2.45) is 0 Å². The average molecular weight is 448 g/mol. The van der Waals surface area contributed by atoms with Gasteiger partial charge < -0.3 is 10.2 Å². The monoisotopic (exact) mass is 447 g/mol. The van der Waals surface area contributed by atoms with Crippen molar-refractivity contribution in [2.45, 2.75) is 6.54 Å². The molecule has 0 spiro atoms. The Hall–Kier alpha value is -3.84. The molecule has 5 nitrogen and oxygen atoms in total. The summed E-state index contributed by atoms with van der Waals surface area (Å²) in [5, 5.41) is 5.65. The average Bonchev–Trinajstić information content (AvgIpc) is 2.82. The van der Waals surface area contributed by atoms with Gasteiger partial charge in [-0.3, -0.25) is 14.9 Å². The zero-order chi connectivity index (χ0) is 22.9. The van der Waals surface area contributed by atoms with Crippen LogP contribution in [0.5, 0.6) is 0 Å². The van der Waals surface area contributed by atoms with Crippen LogP contribution < -0.4 is 15.5 Å². The third kappa shape index (κ3) is 6.33. The van der Waals surface area contributed by atoms with E-state index in [0.29, 0.717) is 23.4 Å². The first-order valence-corrected chi connectivity index (χ1v) is 10.3. The second-order valence-corrected chi connectivity index (χ2v) is 7.31. The number of para-hydroxylation sites is 1. The van der Waals surface area contributed by atoms with E-state index in [4.69, 9.17) is 12.2 Å². The zero-order valence-corrected chi connectivity index (χ0v) is 18.2. The molecule has 7 heteroatoms. The zero-order valence-electron chi connectivity index (χ0n) is 17.4. The van der Waals surface area contributed by atoms with E-state index in [1.165, 1.54) is 18.2 Å². The lowest BCUT2D eigenvalue weighted by atomic mass is 10.1. The number of rotatable bonds is 6. The number of carbonyl (C=O) groups excluding carboxylic acids is 2. The van der Waals surface area contributed by atoms with Gasteiger partial charge in [0.25, 0.3) is 5.91 Å². The Morgan fingerprint density at radius 1 is 0.969 bits per heavy atom. The molecule has 3 aromatic carbocycles. The SMILES string of the molecule is CN(C(=S)NC(=O)/C=C/c1ccc(F)cc1)c1ccccc1C(=O)NCc1ccccc1. The number of nitrogens with one attached hydrogen (secondary N) is 2. The second-order valence-electron chi connectivity index (χ2n) is 6.92. The van der Waals surface area contributed by atoms with Crippen LogP contribution in [0.25, 0.3) is 6.08 Å². The molecule has 0 unspecified atom stereocenters. The van der Waals surface area contributed by atoms with E-state index >= 15 is 0 Å². The number of carbonyl (C=O) groups is 2. The fourth-order valence-corrected chi connectivity index (χ4v) is 3.12. The van der Waals surface area contributed by atoms with Gasteiger partial charge in [-0.1, -0.05) is 54.6 Å². The normalized spacial score (nSPS) is 10.6. The molecule has 0 aliphatic heterocycles. The molecule has 3 aromatic rings. The summed E-state index contributed by atoms with van der Waals surface area (Å²) >= 11 is 5.35. The van der Waals surface area contributed by atoms with E-state index in [-0.39, 0.29) is 16.8 Å². The van der Waals surface area contributed by atoms with E-state index < -0.39 is 5.91 Å². The van der Waals surface area contributed by atoms with Crippen molar-refractivity contribution in [1.29, 1.82) is 0 Å². The molecule has 0 fully saturated rings. The Kier molecular flexibility index (Phi) is 7.83. The number of hydrogen-bond donors (Lipinski definition) is 2. The number of nitrogens with zero attached hydrogens (tertiary/aromatic N) is 1. The molecule has 0 aliphatic rings. The maximum absolute atomic E-state index is 13.0. The van der Waals surface area contributed by atoms with Crippen molar-refractivity contribution >= 4 is 40.9 Å². The first kappa shape index (κ1) is 22.8. The Morgan fingerprint density at radius 3 is 2.34 bits per heavy atom. The molecule has 162 valence electrons. The van der Waals surface area contributed by atoms with Crippen molar-refractivity contribution in [3.05, 3.63) is 107 Å². The number of benzene rings is 3. The molecule has 0 bridgehead atoms. The van der Waals surface area contributed by atoms with Crippen molar-refractivity contribution in [2.75, 3.05) is 11.9 Å². The molecule has 2 N–H and O–H groups in total. The molecule has 3 rings (SSSR count). The highest BCUT2D eigenvalue weighted by atomic mass is 32.1. The van der Waals surface area contributed by atoms with Crippen molar-refractivity contribution < 1.29 is 14.0 Å². The van der Waals surface area contributed by atoms with Crippen LogP contribution in [0, 0.1) is 5.82 Å². The Labute approximate surface area is 191 Å². The fraction of sp³-hybridized carbons (Fsp3) is 0.0800. The summed E-state index contributed by atoms with van der Waals surface area (Å²) in [6, 6.07) is 22.4. The van der Waals surface area contributed by atoms with Gasteiger partial charge in [0.05, 0.1) is 11.3 Å². The third-order valence-electron chi connectivity index (χ3n) is 4.64. The van der Waals surface area contributed by atoms with Gasteiger partial charge in [0.15, 0.2) is 5.11 Å². The Bertz CT molecular complexity index is 1130.